The second kappa shape index (κ2) is 9.72. The Kier molecular flexibility index (Phi) is 7.12. The van der Waals surface area contributed by atoms with Crippen LogP contribution < -0.4 is 14.9 Å². The van der Waals surface area contributed by atoms with Crippen molar-refractivity contribution in [1.29, 1.82) is 0 Å². The molecule has 3 aromatic rings. The van der Waals surface area contributed by atoms with Crippen molar-refractivity contribution >= 4 is 34.7 Å². The molecule has 0 amide bonds. The van der Waals surface area contributed by atoms with Crippen LogP contribution in [-0.2, 0) is 20.4 Å². The van der Waals surface area contributed by atoms with Crippen LogP contribution in [-0.4, -0.2) is 22.2 Å². The van der Waals surface area contributed by atoms with Gasteiger partial charge >= 0.3 is 5.97 Å². The lowest BCUT2D eigenvalue weighted by Crippen LogP contribution is -2.39. The number of phenolic OH excluding ortho intramolecular Hbond substituents is 1. The third kappa shape index (κ3) is 5.09. The molecule has 4 rings (SSSR count). The largest absolute Gasteiger partial charge is 0.507 e. The fraction of sp³-hybridized carbons (Fsp3) is 0.414. The van der Waals surface area contributed by atoms with Crippen molar-refractivity contribution in [2.45, 2.75) is 72.3 Å². The molecule has 37 heavy (non-hydrogen) atoms. The Hall–Kier alpha value is -2.97. The molecule has 0 radical (unpaired) electrons. The lowest BCUT2D eigenvalue weighted by Gasteiger charge is -2.27. The van der Waals surface area contributed by atoms with Gasteiger partial charge in [-0.05, 0) is 59.9 Å². The molecule has 1 aliphatic rings. The molecule has 1 unspecified atom stereocenters. The van der Waals surface area contributed by atoms with E-state index in [0.717, 1.165) is 21.6 Å². The van der Waals surface area contributed by atoms with Gasteiger partial charge in [-0.2, -0.15) is 0 Å². The SMILES string of the molecule is CCOC(=O)C1=C(C)N=c2sc(=Cc3cc(C(C)(C)C)c(O)c(C(C)(C)C)c3)c(=O)n2C1c1cccs1. The van der Waals surface area contributed by atoms with Gasteiger partial charge in [0.05, 0.1) is 22.4 Å². The number of allylic oxidation sites excluding steroid dienone is 1. The summed E-state index contributed by atoms with van der Waals surface area (Å²) in [5.74, 6) is -0.161. The van der Waals surface area contributed by atoms with Gasteiger partial charge < -0.3 is 9.84 Å². The highest BCUT2D eigenvalue weighted by Crippen LogP contribution is 2.40. The fourth-order valence-electron chi connectivity index (χ4n) is 4.54. The van der Waals surface area contributed by atoms with Gasteiger partial charge in [0.2, 0.25) is 0 Å². The molecular weight excluding hydrogens is 504 g/mol. The molecule has 0 spiro atoms. The molecule has 3 heterocycles. The first kappa shape index (κ1) is 27.1. The third-order valence-electron chi connectivity index (χ3n) is 6.38. The van der Waals surface area contributed by atoms with Gasteiger partial charge in [-0.3, -0.25) is 9.36 Å². The molecule has 0 bridgehead atoms. The Morgan fingerprint density at radius 3 is 2.30 bits per heavy atom. The molecule has 0 saturated heterocycles. The van der Waals surface area contributed by atoms with Crippen molar-refractivity contribution in [3.8, 4) is 5.75 Å². The number of carbonyl (C=O) groups excluding carboxylic acids is 1. The van der Waals surface area contributed by atoms with E-state index in [-0.39, 0.29) is 23.0 Å². The smallest absolute Gasteiger partial charge is 0.338 e. The highest BCUT2D eigenvalue weighted by molar-refractivity contribution is 7.10. The molecule has 1 aromatic carbocycles. The highest BCUT2D eigenvalue weighted by Gasteiger charge is 2.34. The number of thiophene rings is 1. The van der Waals surface area contributed by atoms with Crippen molar-refractivity contribution in [2.24, 2.45) is 4.99 Å². The van der Waals surface area contributed by atoms with Crippen molar-refractivity contribution in [1.82, 2.24) is 4.57 Å². The quantitative estimate of drug-likeness (QED) is 0.465. The molecule has 6 nitrogen and oxygen atoms in total. The zero-order valence-corrected chi connectivity index (χ0v) is 24.3. The van der Waals surface area contributed by atoms with Crippen LogP contribution in [0.1, 0.15) is 83.0 Å². The van der Waals surface area contributed by atoms with Crippen LogP contribution in [0.3, 0.4) is 0 Å². The Bertz CT molecular complexity index is 1520. The number of rotatable bonds is 4. The topological polar surface area (TPSA) is 80.9 Å². The van der Waals surface area contributed by atoms with Crippen LogP contribution in [0.25, 0.3) is 6.08 Å². The van der Waals surface area contributed by atoms with E-state index in [1.54, 1.807) is 18.4 Å². The minimum absolute atomic E-state index is 0.209. The summed E-state index contributed by atoms with van der Waals surface area (Å²) in [6.45, 7) is 16.2. The number of aromatic nitrogens is 1. The van der Waals surface area contributed by atoms with Gasteiger partial charge in [-0.15, -0.1) is 11.3 Å². The molecular formula is C29H34N2O4S2. The maximum Gasteiger partial charge on any atom is 0.338 e. The van der Waals surface area contributed by atoms with Crippen molar-refractivity contribution < 1.29 is 14.6 Å². The number of phenols is 1. The number of fused-ring (bicyclic) bond motifs is 1. The molecule has 0 saturated carbocycles. The van der Waals surface area contributed by atoms with E-state index in [9.17, 15) is 14.7 Å². The van der Waals surface area contributed by atoms with Crippen molar-refractivity contribution in [3.05, 3.63) is 82.2 Å². The second-order valence-corrected chi connectivity index (χ2v) is 13.3. The molecule has 2 aromatic heterocycles. The number of carbonyl (C=O) groups is 1. The zero-order chi connectivity index (χ0) is 27.3. The minimum atomic E-state index is -0.590. The van der Waals surface area contributed by atoms with E-state index in [1.807, 2.05) is 35.7 Å². The summed E-state index contributed by atoms with van der Waals surface area (Å²) >= 11 is 2.79. The molecule has 8 heteroatoms. The number of benzene rings is 1. The number of esters is 1. The lowest BCUT2D eigenvalue weighted by molar-refractivity contribution is -0.139. The molecule has 196 valence electrons. The first-order valence-corrected chi connectivity index (χ1v) is 14.0. The van der Waals surface area contributed by atoms with Gasteiger partial charge in [-0.25, -0.2) is 9.79 Å². The molecule has 1 N–H and O–H groups in total. The van der Waals surface area contributed by atoms with E-state index < -0.39 is 12.0 Å². The van der Waals surface area contributed by atoms with Gasteiger partial charge in [-0.1, -0.05) is 58.9 Å². The predicted molar refractivity (Wildman–Crippen MR) is 150 cm³/mol. The van der Waals surface area contributed by atoms with Crippen LogP contribution in [0, 0.1) is 0 Å². The first-order valence-electron chi connectivity index (χ1n) is 12.3. The van der Waals surface area contributed by atoms with E-state index in [4.69, 9.17) is 4.74 Å². The van der Waals surface area contributed by atoms with Gasteiger partial charge in [0.1, 0.15) is 11.8 Å². The summed E-state index contributed by atoms with van der Waals surface area (Å²) in [5.41, 5.74) is 2.66. The summed E-state index contributed by atoms with van der Waals surface area (Å²) < 4.78 is 7.47. The van der Waals surface area contributed by atoms with Gasteiger partial charge in [0.15, 0.2) is 4.80 Å². The number of hydrogen-bond acceptors (Lipinski definition) is 7. The van der Waals surface area contributed by atoms with Gasteiger partial charge in [0, 0.05) is 16.0 Å². The maximum absolute atomic E-state index is 13.8. The number of aromatic hydroxyl groups is 1. The van der Waals surface area contributed by atoms with E-state index in [2.05, 4.69) is 46.5 Å². The Labute approximate surface area is 225 Å². The number of ether oxygens (including phenoxy) is 1. The average molecular weight is 539 g/mol. The molecule has 0 aliphatic carbocycles. The fourth-order valence-corrected chi connectivity index (χ4v) is 6.41. The minimum Gasteiger partial charge on any atom is -0.507 e. The second-order valence-electron chi connectivity index (χ2n) is 11.3. The Morgan fingerprint density at radius 1 is 1.16 bits per heavy atom. The number of nitrogens with zero attached hydrogens (tertiary/aromatic N) is 2. The number of thiazole rings is 1. The summed E-state index contributed by atoms with van der Waals surface area (Å²) in [6, 6.07) is 7.15. The third-order valence-corrected chi connectivity index (χ3v) is 8.28. The Balaban J connectivity index is 1.97. The number of hydrogen-bond donors (Lipinski definition) is 1. The lowest BCUT2D eigenvalue weighted by atomic mass is 9.78. The van der Waals surface area contributed by atoms with Crippen LogP contribution in [0.5, 0.6) is 5.75 Å². The summed E-state index contributed by atoms with van der Waals surface area (Å²) in [5, 5.41) is 13.0. The van der Waals surface area contributed by atoms with Crippen molar-refractivity contribution in [2.75, 3.05) is 6.61 Å². The van der Waals surface area contributed by atoms with Crippen LogP contribution in [0.15, 0.2) is 50.7 Å². The van der Waals surface area contributed by atoms with Crippen LogP contribution >= 0.6 is 22.7 Å². The summed E-state index contributed by atoms with van der Waals surface area (Å²) in [7, 11) is 0. The zero-order valence-electron chi connectivity index (χ0n) is 22.6. The summed E-state index contributed by atoms with van der Waals surface area (Å²) in [6.07, 6.45) is 1.86. The van der Waals surface area contributed by atoms with E-state index in [0.29, 0.717) is 26.4 Å². The van der Waals surface area contributed by atoms with E-state index >= 15 is 0 Å². The first-order chi connectivity index (χ1) is 17.2. The average Bonchev–Trinajstić information content (AvgIpc) is 3.41. The normalized spacial score (nSPS) is 16.5. The molecule has 0 fully saturated rings. The van der Waals surface area contributed by atoms with Gasteiger partial charge in [0.25, 0.3) is 5.56 Å². The standard InChI is InChI=1S/C29H34N2O4S2/c1-9-35-26(34)22-16(2)30-27-31(23(22)20-11-10-12-36-20)25(33)21(37-27)15-17-13-18(28(3,4)5)24(32)19(14-17)29(6,7)8/h10-15,23,32H,9H2,1-8H3. The van der Waals surface area contributed by atoms with Crippen molar-refractivity contribution in [3.63, 3.8) is 0 Å². The maximum atomic E-state index is 13.8. The highest BCUT2D eigenvalue weighted by atomic mass is 32.1. The molecule has 1 atom stereocenters. The Morgan fingerprint density at radius 2 is 1.78 bits per heavy atom. The monoisotopic (exact) mass is 538 g/mol. The van der Waals surface area contributed by atoms with Crippen LogP contribution in [0.4, 0.5) is 0 Å². The van der Waals surface area contributed by atoms with E-state index in [1.165, 1.54) is 22.7 Å². The summed E-state index contributed by atoms with van der Waals surface area (Å²) in [4.78, 5) is 32.9. The molecule has 1 aliphatic heterocycles. The van der Waals surface area contributed by atoms with Crippen LogP contribution in [0.2, 0.25) is 0 Å². The predicted octanol–water partition coefficient (Wildman–Crippen LogP) is 5.16.